The molecule has 0 heterocycles. The van der Waals surface area contributed by atoms with Gasteiger partial charge in [0.05, 0.1) is 11.3 Å². The zero-order valence-corrected chi connectivity index (χ0v) is 9.86. The molecule has 0 spiro atoms. The number of hydrogen-bond acceptors (Lipinski definition) is 2. The second-order valence-corrected chi connectivity index (χ2v) is 3.93. The molecule has 0 radical (unpaired) electrons. The molecule has 2 aromatic rings. The van der Waals surface area contributed by atoms with E-state index in [-0.39, 0.29) is 5.82 Å². The Morgan fingerprint density at radius 3 is 2.56 bits per heavy atom. The smallest absolute Gasteiger partial charge is 0.126 e. The summed E-state index contributed by atoms with van der Waals surface area (Å²) < 4.78 is 13.4. The molecule has 18 heavy (non-hydrogen) atoms. The summed E-state index contributed by atoms with van der Waals surface area (Å²) in [6, 6.07) is 16.1. The molecule has 0 bridgehead atoms. The number of benzene rings is 2. The van der Waals surface area contributed by atoms with E-state index in [4.69, 9.17) is 5.26 Å². The van der Waals surface area contributed by atoms with Crippen molar-refractivity contribution in [3.8, 4) is 6.07 Å². The lowest BCUT2D eigenvalue weighted by atomic mass is 10.1. The monoisotopic (exact) mass is 240 g/mol. The summed E-state index contributed by atoms with van der Waals surface area (Å²) >= 11 is 0. The zero-order valence-electron chi connectivity index (χ0n) is 9.86. The quantitative estimate of drug-likeness (QED) is 0.889. The van der Waals surface area contributed by atoms with Gasteiger partial charge in [0.1, 0.15) is 11.9 Å². The summed E-state index contributed by atoms with van der Waals surface area (Å²) in [6.45, 7) is 0.597. The van der Waals surface area contributed by atoms with Crippen molar-refractivity contribution in [3.63, 3.8) is 0 Å². The standard InChI is InChI=1S/C15H13FN2/c16-14-7-3-1-5-12(14)9-10-18-15-8-4-2-6-13(15)11-17/h1-8,18H,9-10H2. The Labute approximate surface area is 106 Å². The first-order chi connectivity index (χ1) is 8.81. The van der Waals surface area contributed by atoms with Crippen molar-refractivity contribution in [3.05, 3.63) is 65.5 Å². The third-order valence-electron chi connectivity index (χ3n) is 2.72. The molecule has 0 aliphatic heterocycles. The number of nitrogens with zero attached hydrogens (tertiary/aromatic N) is 1. The van der Waals surface area contributed by atoms with Gasteiger partial charge in [-0.05, 0) is 30.2 Å². The molecular formula is C15H13FN2. The fourth-order valence-corrected chi connectivity index (χ4v) is 1.77. The Kier molecular flexibility index (Phi) is 3.93. The molecule has 0 unspecified atom stereocenters. The van der Waals surface area contributed by atoms with Crippen molar-refractivity contribution in [2.24, 2.45) is 0 Å². The molecule has 0 aliphatic carbocycles. The summed E-state index contributed by atoms with van der Waals surface area (Å²) in [4.78, 5) is 0. The number of halogens is 1. The molecule has 0 saturated carbocycles. The van der Waals surface area contributed by atoms with Crippen molar-refractivity contribution in [2.45, 2.75) is 6.42 Å². The van der Waals surface area contributed by atoms with Crippen molar-refractivity contribution >= 4 is 5.69 Å². The van der Waals surface area contributed by atoms with E-state index in [2.05, 4.69) is 11.4 Å². The average Bonchev–Trinajstić information content (AvgIpc) is 2.41. The first kappa shape index (κ1) is 12.1. The highest BCUT2D eigenvalue weighted by molar-refractivity contribution is 5.57. The lowest BCUT2D eigenvalue weighted by molar-refractivity contribution is 0.610. The van der Waals surface area contributed by atoms with Gasteiger partial charge in [-0.1, -0.05) is 30.3 Å². The van der Waals surface area contributed by atoms with Crippen molar-refractivity contribution in [1.29, 1.82) is 5.26 Å². The van der Waals surface area contributed by atoms with Gasteiger partial charge in [0.2, 0.25) is 0 Å². The Morgan fingerprint density at radius 2 is 1.78 bits per heavy atom. The second kappa shape index (κ2) is 5.83. The highest BCUT2D eigenvalue weighted by Crippen LogP contribution is 2.14. The topological polar surface area (TPSA) is 35.8 Å². The van der Waals surface area contributed by atoms with Gasteiger partial charge in [-0.15, -0.1) is 0 Å². The van der Waals surface area contributed by atoms with Gasteiger partial charge in [0.15, 0.2) is 0 Å². The molecule has 2 rings (SSSR count). The van der Waals surface area contributed by atoms with E-state index in [0.717, 1.165) is 5.69 Å². The lowest BCUT2D eigenvalue weighted by Gasteiger charge is -2.08. The number of anilines is 1. The van der Waals surface area contributed by atoms with Crippen LogP contribution in [0.2, 0.25) is 0 Å². The normalized spacial score (nSPS) is 9.78. The molecule has 1 N–H and O–H groups in total. The summed E-state index contributed by atoms with van der Waals surface area (Å²) in [5.74, 6) is -0.187. The first-order valence-corrected chi connectivity index (χ1v) is 5.77. The molecule has 90 valence electrons. The van der Waals surface area contributed by atoms with Gasteiger partial charge >= 0.3 is 0 Å². The van der Waals surface area contributed by atoms with Crippen LogP contribution in [-0.4, -0.2) is 6.54 Å². The molecule has 2 nitrogen and oxygen atoms in total. The van der Waals surface area contributed by atoms with E-state index >= 15 is 0 Å². The van der Waals surface area contributed by atoms with Crippen LogP contribution in [0.3, 0.4) is 0 Å². The minimum Gasteiger partial charge on any atom is -0.384 e. The molecule has 0 aliphatic rings. The fourth-order valence-electron chi connectivity index (χ4n) is 1.77. The minimum atomic E-state index is -0.187. The first-order valence-electron chi connectivity index (χ1n) is 5.77. The summed E-state index contributed by atoms with van der Waals surface area (Å²) in [7, 11) is 0. The van der Waals surface area contributed by atoms with Crippen molar-refractivity contribution < 1.29 is 4.39 Å². The van der Waals surface area contributed by atoms with E-state index in [1.165, 1.54) is 6.07 Å². The average molecular weight is 240 g/mol. The van der Waals surface area contributed by atoms with Gasteiger partial charge < -0.3 is 5.32 Å². The van der Waals surface area contributed by atoms with Crippen LogP contribution in [0.4, 0.5) is 10.1 Å². The van der Waals surface area contributed by atoms with E-state index in [1.54, 1.807) is 18.2 Å². The Morgan fingerprint density at radius 1 is 1.06 bits per heavy atom. The fraction of sp³-hybridized carbons (Fsp3) is 0.133. The van der Waals surface area contributed by atoms with Gasteiger partial charge in [-0.25, -0.2) is 4.39 Å². The maximum Gasteiger partial charge on any atom is 0.126 e. The van der Waals surface area contributed by atoms with Gasteiger partial charge in [0, 0.05) is 6.54 Å². The molecule has 0 fully saturated rings. The molecule has 0 atom stereocenters. The summed E-state index contributed by atoms with van der Waals surface area (Å²) in [5.41, 5.74) is 2.07. The van der Waals surface area contributed by atoms with Crippen LogP contribution in [0.25, 0.3) is 0 Å². The van der Waals surface area contributed by atoms with Crippen molar-refractivity contribution in [1.82, 2.24) is 0 Å². The lowest BCUT2D eigenvalue weighted by Crippen LogP contribution is -2.07. The minimum absolute atomic E-state index is 0.187. The maximum atomic E-state index is 13.4. The van der Waals surface area contributed by atoms with Crippen LogP contribution in [0, 0.1) is 17.1 Å². The highest BCUT2D eigenvalue weighted by atomic mass is 19.1. The number of nitriles is 1. The van der Waals surface area contributed by atoms with Gasteiger partial charge in [0.25, 0.3) is 0 Å². The van der Waals surface area contributed by atoms with E-state index < -0.39 is 0 Å². The van der Waals surface area contributed by atoms with Crippen LogP contribution >= 0.6 is 0 Å². The van der Waals surface area contributed by atoms with E-state index in [0.29, 0.717) is 24.1 Å². The number of nitrogens with one attached hydrogen (secondary N) is 1. The number of rotatable bonds is 4. The molecule has 2 aromatic carbocycles. The Balaban J connectivity index is 1.97. The Bertz CT molecular complexity index is 573. The van der Waals surface area contributed by atoms with Crippen LogP contribution in [0.15, 0.2) is 48.5 Å². The zero-order chi connectivity index (χ0) is 12.8. The predicted molar refractivity (Wildman–Crippen MR) is 69.8 cm³/mol. The number of para-hydroxylation sites is 1. The maximum absolute atomic E-state index is 13.4. The SMILES string of the molecule is N#Cc1ccccc1NCCc1ccccc1F. The van der Waals surface area contributed by atoms with E-state index in [1.807, 2.05) is 24.3 Å². The van der Waals surface area contributed by atoms with E-state index in [9.17, 15) is 4.39 Å². The number of hydrogen-bond donors (Lipinski definition) is 1. The molecule has 3 heteroatoms. The van der Waals surface area contributed by atoms with Gasteiger partial charge in [-0.2, -0.15) is 5.26 Å². The van der Waals surface area contributed by atoms with Crippen LogP contribution < -0.4 is 5.32 Å². The predicted octanol–water partition coefficient (Wildman–Crippen LogP) is 3.35. The molecule has 0 aromatic heterocycles. The summed E-state index contributed by atoms with van der Waals surface area (Å²) in [5, 5.41) is 12.1. The van der Waals surface area contributed by atoms with Crippen LogP contribution in [-0.2, 0) is 6.42 Å². The highest BCUT2D eigenvalue weighted by Gasteiger charge is 2.02. The van der Waals surface area contributed by atoms with Gasteiger partial charge in [-0.3, -0.25) is 0 Å². The Hall–Kier alpha value is -2.34. The molecular weight excluding hydrogens is 227 g/mol. The third kappa shape index (κ3) is 2.86. The third-order valence-corrected chi connectivity index (χ3v) is 2.72. The van der Waals surface area contributed by atoms with Crippen LogP contribution in [0.1, 0.15) is 11.1 Å². The summed E-state index contributed by atoms with van der Waals surface area (Å²) in [6.07, 6.45) is 0.590. The second-order valence-electron chi connectivity index (χ2n) is 3.93. The largest absolute Gasteiger partial charge is 0.384 e. The molecule has 0 saturated heterocycles. The molecule has 0 amide bonds. The van der Waals surface area contributed by atoms with Crippen LogP contribution in [0.5, 0.6) is 0 Å². The van der Waals surface area contributed by atoms with Crippen molar-refractivity contribution in [2.75, 3.05) is 11.9 Å².